The fraction of sp³-hybridized carbons (Fsp3) is 0.611. The number of hydrogen-bond acceptors (Lipinski definition) is 3. The fourth-order valence-electron chi connectivity index (χ4n) is 3.52. The minimum absolute atomic E-state index is 0.0900. The van der Waals surface area contributed by atoms with E-state index in [1.807, 2.05) is 0 Å². The van der Waals surface area contributed by atoms with Crippen LogP contribution < -0.4 is 4.74 Å². The molecule has 0 bridgehead atoms. The number of nitrogens with zero attached hydrogens (tertiary/aromatic N) is 1. The van der Waals surface area contributed by atoms with Gasteiger partial charge in [0.25, 0.3) is 0 Å². The van der Waals surface area contributed by atoms with Crippen molar-refractivity contribution in [2.24, 2.45) is 0 Å². The molecule has 23 heavy (non-hydrogen) atoms. The molecule has 1 N–H and O–H groups in total. The van der Waals surface area contributed by atoms with Crippen LogP contribution in [-0.4, -0.2) is 41.2 Å². The number of aromatic carboxylic acids is 1. The Labute approximate surface area is 137 Å². The summed E-state index contributed by atoms with van der Waals surface area (Å²) < 4.78 is 19.6. The van der Waals surface area contributed by atoms with Crippen molar-refractivity contribution >= 4 is 5.97 Å². The van der Waals surface area contributed by atoms with E-state index >= 15 is 0 Å². The topological polar surface area (TPSA) is 49.8 Å². The average Bonchev–Trinajstić information content (AvgIpc) is 2.54. The Balaban J connectivity index is 2.33. The summed E-state index contributed by atoms with van der Waals surface area (Å²) in [6.07, 6.45) is 3.61. The predicted molar refractivity (Wildman–Crippen MR) is 87.7 cm³/mol. The highest BCUT2D eigenvalue weighted by molar-refractivity contribution is 5.90. The molecule has 5 heteroatoms. The van der Waals surface area contributed by atoms with Crippen molar-refractivity contribution < 1.29 is 19.0 Å². The van der Waals surface area contributed by atoms with Gasteiger partial charge in [-0.15, -0.1) is 0 Å². The van der Waals surface area contributed by atoms with Gasteiger partial charge in [-0.05, 0) is 44.4 Å². The fourth-order valence-corrected chi connectivity index (χ4v) is 3.52. The second-order valence-electron chi connectivity index (χ2n) is 6.08. The molecule has 0 radical (unpaired) electrons. The first-order chi connectivity index (χ1) is 11.0. The number of rotatable bonds is 7. The molecule has 0 unspecified atom stereocenters. The summed E-state index contributed by atoms with van der Waals surface area (Å²) in [6, 6.07) is 3.04. The number of halogens is 1. The highest BCUT2D eigenvalue weighted by atomic mass is 19.1. The lowest BCUT2D eigenvalue weighted by atomic mass is 9.94. The van der Waals surface area contributed by atoms with E-state index in [4.69, 9.17) is 4.74 Å². The zero-order valence-electron chi connectivity index (χ0n) is 14.1. The van der Waals surface area contributed by atoms with Crippen molar-refractivity contribution in [2.45, 2.75) is 58.5 Å². The van der Waals surface area contributed by atoms with Crippen LogP contribution in [0.4, 0.5) is 4.39 Å². The molecule has 0 spiro atoms. The number of hydrogen-bond donors (Lipinski definition) is 1. The van der Waals surface area contributed by atoms with Crippen LogP contribution in [-0.2, 0) is 6.42 Å². The lowest BCUT2D eigenvalue weighted by molar-refractivity contribution is 0.0661. The summed E-state index contributed by atoms with van der Waals surface area (Å²) >= 11 is 0. The summed E-state index contributed by atoms with van der Waals surface area (Å²) in [7, 11) is 0. The summed E-state index contributed by atoms with van der Waals surface area (Å²) in [4.78, 5) is 13.8. The van der Waals surface area contributed by atoms with Gasteiger partial charge >= 0.3 is 5.97 Å². The Bertz CT molecular complexity index is 557. The van der Waals surface area contributed by atoms with E-state index in [1.54, 1.807) is 0 Å². The molecule has 0 saturated carbocycles. The molecule has 4 nitrogen and oxygen atoms in total. The monoisotopic (exact) mass is 323 g/mol. The Hall–Kier alpha value is -1.62. The van der Waals surface area contributed by atoms with Crippen molar-refractivity contribution in [1.82, 2.24) is 4.90 Å². The molecule has 128 valence electrons. The minimum atomic E-state index is -1.03. The molecule has 1 aromatic carbocycles. The van der Waals surface area contributed by atoms with Crippen LogP contribution in [0.2, 0.25) is 0 Å². The quantitative estimate of drug-likeness (QED) is 0.831. The van der Waals surface area contributed by atoms with Gasteiger partial charge < -0.3 is 9.84 Å². The van der Waals surface area contributed by atoms with Crippen molar-refractivity contribution in [2.75, 3.05) is 13.2 Å². The van der Waals surface area contributed by atoms with Crippen LogP contribution in [0.15, 0.2) is 12.1 Å². The van der Waals surface area contributed by atoms with Crippen LogP contribution >= 0.6 is 0 Å². The Kier molecular flexibility index (Phi) is 5.99. The van der Waals surface area contributed by atoms with E-state index in [1.165, 1.54) is 12.1 Å². The molecule has 1 heterocycles. The molecule has 1 aromatic rings. The van der Waals surface area contributed by atoms with Gasteiger partial charge in [-0.2, -0.15) is 0 Å². The van der Waals surface area contributed by atoms with Crippen LogP contribution in [0.3, 0.4) is 0 Å². The molecule has 1 atom stereocenters. The molecule has 0 saturated heterocycles. The third-order valence-corrected chi connectivity index (χ3v) is 4.67. The SMILES string of the molecule is CCCN(C(CC)CC)[C@H]1COc2c(F)ccc(C(=O)O)c2C1. The van der Waals surface area contributed by atoms with E-state index in [9.17, 15) is 14.3 Å². The molecular weight excluding hydrogens is 297 g/mol. The molecule has 1 aliphatic heterocycles. The Morgan fingerprint density at radius 1 is 1.39 bits per heavy atom. The van der Waals surface area contributed by atoms with Crippen LogP contribution in [0.25, 0.3) is 0 Å². The molecule has 1 aliphatic rings. The van der Waals surface area contributed by atoms with E-state index in [2.05, 4.69) is 25.7 Å². The van der Waals surface area contributed by atoms with Crippen LogP contribution in [0.5, 0.6) is 5.75 Å². The lowest BCUT2D eigenvalue weighted by Crippen LogP contribution is -2.49. The van der Waals surface area contributed by atoms with E-state index in [0.29, 0.717) is 24.6 Å². The Morgan fingerprint density at radius 2 is 2.09 bits per heavy atom. The van der Waals surface area contributed by atoms with Gasteiger partial charge in [-0.1, -0.05) is 20.8 Å². The Morgan fingerprint density at radius 3 is 2.65 bits per heavy atom. The minimum Gasteiger partial charge on any atom is -0.489 e. The second kappa shape index (κ2) is 7.77. The van der Waals surface area contributed by atoms with Crippen molar-refractivity contribution in [3.05, 3.63) is 29.1 Å². The lowest BCUT2D eigenvalue weighted by Gasteiger charge is -2.40. The van der Waals surface area contributed by atoms with E-state index < -0.39 is 11.8 Å². The normalized spacial score (nSPS) is 17.2. The van der Waals surface area contributed by atoms with Gasteiger partial charge in [0, 0.05) is 17.6 Å². The first-order valence-corrected chi connectivity index (χ1v) is 8.46. The van der Waals surface area contributed by atoms with Gasteiger partial charge in [0.1, 0.15) is 6.61 Å². The van der Waals surface area contributed by atoms with Gasteiger partial charge in [0.05, 0.1) is 5.56 Å². The zero-order valence-corrected chi connectivity index (χ0v) is 14.1. The largest absolute Gasteiger partial charge is 0.489 e. The standard InChI is InChI=1S/C18H26FNO3/c1-4-9-20(12(5-2)6-3)13-10-15-14(18(21)22)7-8-16(19)17(15)23-11-13/h7-8,12-13H,4-6,9-11H2,1-3H3,(H,21,22)/t13-/m1/s1. The maximum Gasteiger partial charge on any atom is 0.336 e. The molecule has 0 aliphatic carbocycles. The summed E-state index contributed by atoms with van der Waals surface area (Å²) in [5, 5.41) is 9.37. The number of fused-ring (bicyclic) bond motifs is 1. The first kappa shape index (κ1) is 17.7. The molecule has 0 amide bonds. The van der Waals surface area contributed by atoms with Crippen LogP contribution in [0, 0.1) is 5.82 Å². The smallest absolute Gasteiger partial charge is 0.336 e. The highest BCUT2D eigenvalue weighted by Crippen LogP contribution is 2.33. The number of benzene rings is 1. The zero-order chi connectivity index (χ0) is 17.0. The number of carboxylic acid groups (broad SMARTS) is 1. The first-order valence-electron chi connectivity index (χ1n) is 8.46. The van der Waals surface area contributed by atoms with Gasteiger partial charge in [-0.3, -0.25) is 4.90 Å². The average molecular weight is 323 g/mol. The summed E-state index contributed by atoms with van der Waals surface area (Å²) in [6.45, 7) is 7.81. The van der Waals surface area contributed by atoms with Crippen molar-refractivity contribution in [3.8, 4) is 5.75 Å². The van der Waals surface area contributed by atoms with E-state index in [-0.39, 0.29) is 17.4 Å². The predicted octanol–water partition coefficient (Wildman–Crippen LogP) is 3.73. The van der Waals surface area contributed by atoms with Gasteiger partial charge in [-0.25, -0.2) is 9.18 Å². The van der Waals surface area contributed by atoms with E-state index in [0.717, 1.165) is 25.8 Å². The molecular formula is C18H26FNO3. The van der Waals surface area contributed by atoms with Crippen LogP contribution in [0.1, 0.15) is 56.0 Å². The maximum absolute atomic E-state index is 14.0. The molecule has 0 fully saturated rings. The van der Waals surface area contributed by atoms with Gasteiger partial charge in [0.2, 0.25) is 0 Å². The number of carbonyl (C=O) groups is 1. The highest BCUT2D eigenvalue weighted by Gasteiger charge is 2.32. The van der Waals surface area contributed by atoms with Gasteiger partial charge in [0.15, 0.2) is 11.6 Å². The third-order valence-electron chi connectivity index (χ3n) is 4.67. The summed E-state index contributed by atoms with van der Waals surface area (Å²) in [5.74, 6) is -1.40. The van der Waals surface area contributed by atoms with Crippen molar-refractivity contribution in [1.29, 1.82) is 0 Å². The molecule has 0 aromatic heterocycles. The van der Waals surface area contributed by atoms with Crippen molar-refractivity contribution in [3.63, 3.8) is 0 Å². The third kappa shape index (κ3) is 3.66. The second-order valence-corrected chi connectivity index (χ2v) is 6.08. The maximum atomic E-state index is 14.0. The number of ether oxygens (including phenoxy) is 1. The number of carboxylic acids is 1. The summed E-state index contributed by atoms with van der Waals surface area (Å²) in [5.41, 5.74) is 0.632. The molecule has 2 rings (SSSR count).